The number of thioether (sulfide) groups is 1. The summed E-state index contributed by atoms with van der Waals surface area (Å²) in [5, 5.41) is 6.81. The van der Waals surface area contributed by atoms with Crippen LogP contribution < -0.4 is 15.5 Å². The minimum atomic E-state index is -0.236. The Bertz CT molecular complexity index is 1020. The summed E-state index contributed by atoms with van der Waals surface area (Å²) in [7, 11) is 0. The highest BCUT2D eigenvalue weighted by atomic mass is 32.2. The van der Waals surface area contributed by atoms with Crippen LogP contribution in [0.15, 0.2) is 53.4 Å². The molecule has 0 atom stereocenters. The number of piperidine rings is 1. The Labute approximate surface area is 195 Å². The molecule has 0 spiro atoms. The van der Waals surface area contributed by atoms with Gasteiger partial charge in [0.1, 0.15) is 11.6 Å². The highest BCUT2D eigenvalue weighted by molar-refractivity contribution is 7.98. The van der Waals surface area contributed by atoms with E-state index in [0.717, 1.165) is 48.1 Å². The number of urea groups is 1. The second-order valence-corrected chi connectivity index (χ2v) is 9.40. The summed E-state index contributed by atoms with van der Waals surface area (Å²) in [5.41, 5.74) is 1.79. The molecule has 1 fully saturated rings. The van der Waals surface area contributed by atoms with Gasteiger partial charge in [0.25, 0.3) is 0 Å². The number of carbonyl (C=O) groups excluding carboxylic acids is 1. The fourth-order valence-corrected chi connectivity index (χ4v) is 4.79. The number of nitrogens with zero attached hydrogens (tertiary/aromatic N) is 3. The molecule has 2 heterocycles. The zero-order chi connectivity index (χ0) is 22.3. The van der Waals surface area contributed by atoms with Crippen molar-refractivity contribution in [1.29, 1.82) is 0 Å². The Morgan fingerprint density at radius 3 is 2.56 bits per heavy atom. The van der Waals surface area contributed by atoms with Crippen LogP contribution in [0.2, 0.25) is 0 Å². The van der Waals surface area contributed by atoms with E-state index < -0.39 is 0 Å². The van der Waals surface area contributed by atoms with E-state index in [-0.39, 0.29) is 11.8 Å². The molecule has 2 aromatic carbocycles. The molecule has 0 unspecified atom stereocenters. The van der Waals surface area contributed by atoms with Gasteiger partial charge in [-0.3, -0.25) is 0 Å². The van der Waals surface area contributed by atoms with Crippen molar-refractivity contribution in [3.8, 4) is 0 Å². The molecule has 0 radical (unpaired) electrons. The van der Waals surface area contributed by atoms with Crippen molar-refractivity contribution in [3.63, 3.8) is 0 Å². The van der Waals surface area contributed by atoms with Crippen LogP contribution >= 0.6 is 23.3 Å². The second kappa shape index (κ2) is 10.8. The van der Waals surface area contributed by atoms with Crippen LogP contribution in [0.3, 0.4) is 0 Å². The van der Waals surface area contributed by atoms with E-state index >= 15 is 0 Å². The summed E-state index contributed by atoms with van der Waals surface area (Å²) >= 11 is 3.08. The first-order chi connectivity index (χ1) is 15.6. The first-order valence-electron chi connectivity index (χ1n) is 10.6. The molecule has 1 aliphatic rings. The van der Waals surface area contributed by atoms with Gasteiger partial charge < -0.3 is 15.5 Å². The molecule has 4 rings (SSSR count). The summed E-state index contributed by atoms with van der Waals surface area (Å²) in [6.07, 6.45) is 4.62. The fraction of sp³-hybridized carbons (Fsp3) is 0.348. The van der Waals surface area contributed by atoms with E-state index in [1.54, 1.807) is 23.9 Å². The van der Waals surface area contributed by atoms with Crippen molar-refractivity contribution >= 4 is 40.1 Å². The van der Waals surface area contributed by atoms with Crippen LogP contribution in [0, 0.1) is 11.7 Å². The summed E-state index contributed by atoms with van der Waals surface area (Å²) in [6.45, 7) is 2.46. The highest BCUT2D eigenvalue weighted by Gasteiger charge is 2.22. The monoisotopic (exact) mass is 471 g/mol. The maximum Gasteiger partial charge on any atom is 0.319 e. The lowest BCUT2D eigenvalue weighted by atomic mass is 9.97. The Balaban J connectivity index is 1.20. The number of benzene rings is 2. The topological polar surface area (TPSA) is 70.2 Å². The van der Waals surface area contributed by atoms with Crippen molar-refractivity contribution in [1.82, 2.24) is 14.7 Å². The van der Waals surface area contributed by atoms with Crippen molar-refractivity contribution in [2.75, 3.05) is 36.1 Å². The Kier molecular flexibility index (Phi) is 7.59. The van der Waals surface area contributed by atoms with Crippen LogP contribution in [-0.2, 0) is 6.42 Å². The minimum absolute atomic E-state index is 0.168. The van der Waals surface area contributed by atoms with Crippen LogP contribution in [0.25, 0.3) is 0 Å². The van der Waals surface area contributed by atoms with Gasteiger partial charge in [0.05, 0.1) is 0 Å². The number of hydrogen-bond donors (Lipinski definition) is 2. The molecular weight excluding hydrogens is 445 g/mol. The molecule has 3 aromatic rings. The van der Waals surface area contributed by atoms with Crippen LogP contribution in [-0.4, -0.2) is 41.3 Å². The molecule has 0 bridgehead atoms. The number of halogens is 1. The number of nitrogens with one attached hydrogen (secondary N) is 2. The molecule has 0 aliphatic carbocycles. The second-order valence-electron chi connectivity index (χ2n) is 7.79. The predicted octanol–water partition coefficient (Wildman–Crippen LogP) is 5.03. The molecule has 9 heteroatoms. The number of amides is 2. The number of anilines is 2. The zero-order valence-electron chi connectivity index (χ0n) is 17.9. The number of hydrogen-bond acceptors (Lipinski definition) is 6. The number of aromatic nitrogens is 2. The molecule has 1 aromatic heterocycles. The van der Waals surface area contributed by atoms with Gasteiger partial charge in [-0.25, -0.2) is 14.2 Å². The van der Waals surface area contributed by atoms with Gasteiger partial charge in [-0.15, -0.1) is 11.8 Å². The Morgan fingerprint density at radius 2 is 1.88 bits per heavy atom. The summed E-state index contributed by atoms with van der Waals surface area (Å²) in [6, 6.07) is 14.1. The van der Waals surface area contributed by atoms with Gasteiger partial charge in [-0.2, -0.15) is 4.37 Å². The summed E-state index contributed by atoms with van der Waals surface area (Å²) < 4.78 is 17.5. The van der Waals surface area contributed by atoms with Gasteiger partial charge in [0.2, 0.25) is 5.13 Å². The van der Waals surface area contributed by atoms with Crippen molar-refractivity contribution in [2.24, 2.45) is 5.92 Å². The Hall–Kier alpha value is -2.65. The lowest BCUT2D eigenvalue weighted by molar-refractivity contribution is 0.248. The van der Waals surface area contributed by atoms with E-state index in [1.807, 2.05) is 30.5 Å². The third-order valence-corrected chi connectivity index (χ3v) is 7.08. The fourth-order valence-electron chi connectivity index (χ4n) is 3.64. The van der Waals surface area contributed by atoms with Crippen LogP contribution in [0.5, 0.6) is 0 Å². The highest BCUT2D eigenvalue weighted by Crippen LogP contribution is 2.25. The molecule has 168 valence electrons. The van der Waals surface area contributed by atoms with Gasteiger partial charge in [-0.05, 0) is 67.0 Å². The zero-order valence-corrected chi connectivity index (χ0v) is 19.5. The van der Waals surface area contributed by atoms with Crippen molar-refractivity contribution in [2.45, 2.75) is 24.2 Å². The van der Waals surface area contributed by atoms with Crippen LogP contribution in [0.4, 0.5) is 20.0 Å². The molecule has 6 nitrogen and oxygen atoms in total. The smallest absolute Gasteiger partial charge is 0.319 e. The maximum absolute atomic E-state index is 13.1. The number of rotatable bonds is 7. The molecule has 1 saturated heterocycles. The lowest BCUT2D eigenvalue weighted by Gasteiger charge is -2.31. The third-order valence-electron chi connectivity index (χ3n) is 5.52. The first kappa shape index (κ1) is 22.5. The molecular formula is C23H26FN5OS2. The van der Waals surface area contributed by atoms with Crippen LogP contribution in [0.1, 0.15) is 24.2 Å². The van der Waals surface area contributed by atoms with Gasteiger partial charge >= 0.3 is 6.03 Å². The minimum Gasteiger partial charge on any atom is -0.347 e. The van der Waals surface area contributed by atoms with E-state index in [4.69, 9.17) is 0 Å². The number of carbonyl (C=O) groups is 1. The average molecular weight is 472 g/mol. The van der Waals surface area contributed by atoms with Crippen molar-refractivity contribution < 1.29 is 9.18 Å². The van der Waals surface area contributed by atoms with E-state index in [2.05, 4.69) is 24.9 Å². The summed E-state index contributed by atoms with van der Waals surface area (Å²) in [4.78, 5) is 20.3. The first-order valence-corrected chi connectivity index (χ1v) is 12.6. The SMILES string of the molecule is CSc1ccc(NC(=O)NCC2CCN(c3nc(Cc4ccc(F)cc4)ns3)CC2)cc1. The Morgan fingerprint density at radius 1 is 1.16 bits per heavy atom. The maximum atomic E-state index is 13.1. The predicted molar refractivity (Wildman–Crippen MR) is 129 cm³/mol. The van der Waals surface area contributed by atoms with Gasteiger partial charge in [-0.1, -0.05) is 12.1 Å². The van der Waals surface area contributed by atoms with E-state index in [0.29, 0.717) is 18.9 Å². The van der Waals surface area contributed by atoms with E-state index in [1.165, 1.54) is 28.6 Å². The van der Waals surface area contributed by atoms with E-state index in [9.17, 15) is 9.18 Å². The molecule has 0 saturated carbocycles. The molecule has 2 amide bonds. The largest absolute Gasteiger partial charge is 0.347 e. The standard InChI is InChI=1S/C23H26FN5OS2/c1-31-20-8-6-19(7-9-20)26-22(30)25-15-17-10-12-29(13-11-17)23-27-21(28-32-23)14-16-2-4-18(24)5-3-16/h2-9,17H,10-15H2,1H3,(H2,25,26,30). The summed E-state index contributed by atoms with van der Waals surface area (Å²) in [5.74, 6) is 0.977. The molecule has 32 heavy (non-hydrogen) atoms. The molecule has 1 aliphatic heterocycles. The van der Waals surface area contributed by atoms with Crippen molar-refractivity contribution in [3.05, 3.63) is 65.7 Å². The molecule has 2 N–H and O–H groups in total. The third kappa shape index (κ3) is 6.20. The van der Waals surface area contributed by atoms with Gasteiger partial charge in [0, 0.05) is 48.2 Å². The lowest BCUT2D eigenvalue weighted by Crippen LogP contribution is -2.39. The quantitative estimate of drug-likeness (QED) is 0.473. The van der Waals surface area contributed by atoms with Gasteiger partial charge in [0.15, 0.2) is 0 Å². The average Bonchev–Trinajstić information content (AvgIpc) is 3.28. The normalized spacial score (nSPS) is 14.4.